The Hall–Kier alpha value is -2.82. The van der Waals surface area contributed by atoms with Crippen molar-refractivity contribution >= 4 is 17.8 Å². The summed E-state index contributed by atoms with van der Waals surface area (Å²) in [6.07, 6.45) is 1.60. The van der Waals surface area contributed by atoms with Crippen molar-refractivity contribution in [3.05, 3.63) is 59.7 Å². The number of amides is 1. The van der Waals surface area contributed by atoms with Gasteiger partial charge in [0.15, 0.2) is 6.61 Å². The predicted octanol–water partition coefficient (Wildman–Crippen LogP) is 3.38. The highest BCUT2D eigenvalue weighted by atomic mass is 16.6. The number of hydrogen-bond donors (Lipinski definition) is 1. The monoisotopic (exact) mass is 312 g/mol. The van der Waals surface area contributed by atoms with Crippen molar-refractivity contribution in [3.63, 3.8) is 0 Å². The van der Waals surface area contributed by atoms with E-state index in [0.717, 1.165) is 16.9 Å². The summed E-state index contributed by atoms with van der Waals surface area (Å²) in [6.45, 7) is 4.37. The lowest BCUT2D eigenvalue weighted by Gasteiger charge is -2.06. The third kappa shape index (κ3) is 5.47. The molecule has 2 aromatic rings. The lowest BCUT2D eigenvalue weighted by molar-refractivity contribution is -0.120. The number of oxime groups is 1. The molecule has 0 heterocycles. The van der Waals surface area contributed by atoms with E-state index >= 15 is 0 Å². The second kappa shape index (κ2) is 8.58. The standard InChI is InChI=1S/C18H20N2O3/c1-3-22-17-10-8-16(9-11-17)20-18(21)13-23-19-12-15-7-5-4-6-14(15)2/h4-12H,3,13H2,1-2H3,(H,20,21)/b19-12-. The number of carbonyl (C=O) groups is 1. The van der Waals surface area contributed by atoms with Crippen LogP contribution in [0.1, 0.15) is 18.1 Å². The van der Waals surface area contributed by atoms with Crippen LogP contribution in [0.4, 0.5) is 5.69 Å². The van der Waals surface area contributed by atoms with E-state index in [-0.39, 0.29) is 12.5 Å². The first-order valence-electron chi connectivity index (χ1n) is 7.42. The summed E-state index contributed by atoms with van der Waals surface area (Å²) in [5.74, 6) is 0.501. The molecule has 0 aliphatic rings. The van der Waals surface area contributed by atoms with Crippen molar-refractivity contribution in [1.29, 1.82) is 0 Å². The zero-order chi connectivity index (χ0) is 16.5. The van der Waals surface area contributed by atoms with Gasteiger partial charge in [-0.25, -0.2) is 0 Å². The molecule has 1 amide bonds. The van der Waals surface area contributed by atoms with Crippen LogP contribution in [0.25, 0.3) is 0 Å². The predicted molar refractivity (Wildman–Crippen MR) is 91.0 cm³/mol. The summed E-state index contributed by atoms with van der Waals surface area (Å²) in [7, 11) is 0. The van der Waals surface area contributed by atoms with Gasteiger partial charge in [0.2, 0.25) is 0 Å². The molecule has 23 heavy (non-hydrogen) atoms. The van der Waals surface area contributed by atoms with Crippen LogP contribution in [0.3, 0.4) is 0 Å². The topological polar surface area (TPSA) is 59.9 Å². The first-order valence-corrected chi connectivity index (χ1v) is 7.42. The van der Waals surface area contributed by atoms with Gasteiger partial charge in [0, 0.05) is 5.69 Å². The number of hydrogen-bond acceptors (Lipinski definition) is 4. The molecule has 5 nitrogen and oxygen atoms in total. The van der Waals surface area contributed by atoms with Crippen LogP contribution >= 0.6 is 0 Å². The van der Waals surface area contributed by atoms with Crippen molar-refractivity contribution in [2.45, 2.75) is 13.8 Å². The maximum atomic E-state index is 11.8. The first kappa shape index (κ1) is 16.5. The molecule has 0 fully saturated rings. The van der Waals surface area contributed by atoms with Crippen molar-refractivity contribution in [2.75, 3.05) is 18.5 Å². The molecule has 0 atom stereocenters. The molecule has 0 aliphatic carbocycles. The fourth-order valence-corrected chi connectivity index (χ4v) is 1.92. The minimum Gasteiger partial charge on any atom is -0.494 e. The molecule has 2 aromatic carbocycles. The van der Waals surface area contributed by atoms with Crippen LogP contribution in [0.5, 0.6) is 5.75 Å². The molecule has 0 saturated carbocycles. The van der Waals surface area contributed by atoms with Gasteiger partial charge in [-0.15, -0.1) is 0 Å². The third-order valence-electron chi connectivity index (χ3n) is 3.10. The van der Waals surface area contributed by atoms with Crippen LogP contribution in [0, 0.1) is 6.92 Å². The number of benzene rings is 2. The second-order valence-electron chi connectivity index (χ2n) is 4.87. The van der Waals surface area contributed by atoms with Gasteiger partial charge >= 0.3 is 0 Å². The Morgan fingerprint density at radius 2 is 1.91 bits per heavy atom. The Kier molecular flexibility index (Phi) is 6.17. The van der Waals surface area contributed by atoms with Crippen LogP contribution in [-0.4, -0.2) is 25.3 Å². The molecule has 0 bridgehead atoms. The van der Waals surface area contributed by atoms with Gasteiger partial charge in [0.05, 0.1) is 12.8 Å². The molecule has 0 radical (unpaired) electrons. The van der Waals surface area contributed by atoms with E-state index < -0.39 is 0 Å². The Bertz CT molecular complexity index is 666. The zero-order valence-corrected chi connectivity index (χ0v) is 13.3. The molecule has 1 N–H and O–H groups in total. The van der Waals surface area contributed by atoms with Crippen LogP contribution in [0.15, 0.2) is 53.7 Å². The highest BCUT2D eigenvalue weighted by molar-refractivity contribution is 5.91. The maximum absolute atomic E-state index is 11.8. The summed E-state index contributed by atoms with van der Waals surface area (Å²) < 4.78 is 5.34. The van der Waals surface area contributed by atoms with Crippen molar-refractivity contribution in [2.24, 2.45) is 5.16 Å². The molecule has 2 rings (SSSR count). The minimum absolute atomic E-state index is 0.143. The normalized spacial score (nSPS) is 10.5. The molecule has 0 spiro atoms. The van der Waals surface area contributed by atoms with E-state index in [9.17, 15) is 4.79 Å². The number of nitrogens with zero attached hydrogens (tertiary/aromatic N) is 1. The van der Waals surface area contributed by atoms with Gasteiger partial charge in [-0.2, -0.15) is 0 Å². The number of nitrogens with one attached hydrogen (secondary N) is 1. The zero-order valence-electron chi connectivity index (χ0n) is 13.3. The fraction of sp³-hybridized carbons (Fsp3) is 0.222. The molecule has 0 aromatic heterocycles. The molecule has 0 saturated heterocycles. The first-order chi connectivity index (χ1) is 11.2. The SMILES string of the molecule is CCOc1ccc(NC(=O)CO/N=C\c2ccccc2C)cc1. The summed E-state index contributed by atoms with van der Waals surface area (Å²) >= 11 is 0. The minimum atomic E-state index is -0.268. The second-order valence-corrected chi connectivity index (χ2v) is 4.87. The van der Waals surface area contributed by atoms with E-state index in [0.29, 0.717) is 12.3 Å². The molecular weight excluding hydrogens is 292 g/mol. The quantitative estimate of drug-likeness (QED) is 0.630. The Labute approximate surface area is 135 Å². The van der Waals surface area contributed by atoms with Gasteiger partial charge < -0.3 is 14.9 Å². The third-order valence-corrected chi connectivity index (χ3v) is 3.10. The number of carbonyl (C=O) groups excluding carboxylic acids is 1. The lowest BCUT2D eigenvalue weighted by Crippen LogP contribution is -2.16. The number of ether oxygens (including phenoxy) is 1. The van der Waals surface area contributed by atoms with E-state index in [1.54, 1.807) is 30.5 Å². The number of rotatable bonds is 7. The summed E-state index contributed by atoms with van der Waals surface area (Å²) in [6, 6.07) is 15.0. The highest BCUT2D eigenvalue weighted by Crippen LogP contribution is 2.15. The van der Waals surface area contributed by atoms with Gasteiger partial charge in [-0.3, -0.25) is 4.79 Å². The Balaban J connectivity index is 1.78. The smallest absolute Gasteiger partial charge is 0.265 e. The van der Waals surface area contributed by atoms with Crippen molar-refractivity contribution in [1.82, 2.24) is 0 Å². The average Bonchev–Trinajstić information content (AvgIpc) is 2.55. The average molecular weight is 312 g/mol. The molecule has 5 heteroatoms. The van der Waals surface area contributed by atoms with E-state index in [1.807, 2.05) is 38.1 Å². The van der Waals surface area contributed by atoms with E-state index in [1.165, 1.54) is 0 Å². The number of aryl methyl sites for hydroxylation is 1. The maximum Gasteiger partial charge on any atom is 0.265 e. The van der Waals surface area contributed by atoms with Gasteiger partial charge in [-0.1, -0.05) is 29.4 Å². The lowest BCUT2D eigenvalue weighted by atomic mass is 10.1. The van der Waals surface area contributed by atoms with E-state index in [2.05, 4.69) is 10.5 Å². The molecule has 0 unspecified atom stereocenters. The summed E-state index contributed by atoms with van der Waals surface area (Å²) in [5, 5.41) is 6.54. The van der Waals surface area contributed by atoms with Crippen LogP contribution in [0.2, 0.25) is 0 Å². The van der Waals surface area contributed by atoms with Crippen molar-refractivity contribution in [3.8, 4) is 5.75 Å². The van der Waals surface area contributed by atoms with Gasteiger partial charge in [-0.05, 0) is 49.2 Å². The fourth-order valence-electron chi connectivity index (χ4n) is 1.92. The van der Waals surface area contributed by atoms with Crippen molar-refractivity contribution < 1.29 is 14.4 Å². The van der Waals surface area contributed by atoms with Crippen LogP contribution < -0.4 is 10.1 Å². The molecule has 0 aliphatic heterocycles. The van der Waals surface area contributed by atoms with Gasteiger partial charge in [0.25, 0.3) is 5.91 Å². The largest absolute Gasteiger partial charge is 0.494 e. The van der Waals surface area contributed by atoms with Crippen LogP contribution in [-0.2, 0) is 9.63 Å². The molecular formula is C18H20N2O3. The summed E-state index contributed by atoms with van der Waals surface area (Å²) in [4.78, 5) is 16.8. The summed E-state index contributed by atoms with van der Waals surface area (Å²) in [5.41, 5.74) is 2.74. The van der Waals surface area contributed by atoms with Gasteiger partial charge in [0.1, 0.15) is 5.75 Å². The van der Waals surface area contributed by atoms with E-state index in [4.69, 9.17) is 9.57 Å². The number of anilines is 1. The highest BCUT2D eigenvalue weighted by Gasteiger charge is 2.03. The molecule has 120 valence electrons. The Morgan fingerprint density at radius 1 is 1.17 bits per heavy atom. The Morgan fingerprint density at radius 3 is 2.61 bits per heavy atom.